The molecule has 48 heavy (non-hydrogen) atoms. The Morgan fingerprint density at radius 1 is 1.12 bits per heavy atom. The minimum absolute atomic E-state index is 0.00204. The highest BCUT2D eigenvalue weighted by Gasteiger charge is 2.35. The summed E-state index contributed by atoms with van der Waals surface area (Å²) in [5, 5.41) is 9.84. The Kier molecular flexibility index (Phi) is 8.31. The summed E-state index contributed by atoms with van der Waals surface area (Å²) in [6.07, 6.45) is 4.18. The Bertz CT molecular complexity index is 2150. The molecule has 244 valence electrons. The molecular weight excluding hydrogens is 645 g/mol. The first-order valence-corrected chi connectivity index (χ1v) is 15.7. The SMILES string of the molecule is CC1(C#Cc2cnc(COc3cccc(-c4cc(F)c(Cc5nc6c(F)cc(C(=O)O)cc6n5CC5CCO5)cc4F)n3)c(Cl)c2)CC1. The van der Waals surface area contributed by atoms with Gasteiger partial charge in [-0.3, -0.25) is 4.98 Å². The number of nitrogens with zero attached hydrogens (tertiary/aromatic N) is 4. The van der Waals surface area contributed by atoms with E-state index in [-0.39, 0.29) is 76.2 Å². The zero-order chi connectivity index (χ0) is 33.6. The van der Waals surface area contributed by atoms with Crippen molar-refractivity contribution in [2.45, 2.75) is 51.9 Å². The van der Waals surface area contributed by atoms with E-state index in [1.165, 1.54) is 12.1 Å². The first-order valence-electron chi connectivity index (χ1n) is 15.3. The van der Waals surface area contributed by atoms with Crippen LogP contribution in [-0.2, 0) is 24.3 Å². The van der Waals surface area contributed by atoms with Crippen LogP contribution in [0.15, 0.2) is 54.7 Å². The number of aromatic nitrogens is 4. The van der Waals surface area contributed by atoms with Gasteiger partial charge in [-0.25, -0.2) is 27.9 Å². The average molecular weight is 673 g/mol. The van der Waals surface area contributed by atoms with E-state index < -0.39 is 23.4 Å². The molecule has 4 heterocycles. The lowest BCUT2D eigenvalue weighted by Gasteiger charge is -2.27. The number of aromatic carboxylic acids is 1. The number of carboxylic acid groups (broad SMARTS) is 1. The predicted octanol–water partition coefficient (Wildman–Crippen LogP) is 7.37. The van der Waals surface area contributed by atoms with Gasteiger partial charge >= 0.3 is 5.97 Å². The monoisotopic (exact) mass is 672 g/mol. The number of benzene rings is 2. The summed E-state index contributed by atoms with van der Waals surface area (Å²) >= 11 is 6.42. The number of pyridine rings is 2. The van der Waals surface area contributed by atoms with Crippen molar-refractivity contribution in [3.8, 4) is 29.0 Å². The first-order chi connectivity index (χ1) is 23.0. The number of ether oxygens (including phenoxy) is 2. The predicted molar refractivity (Wildman–Crippen MR) is 171 cm³/mol. The quantitative estimate of drug-likeness (QED) is 0.163. The van der Waals surface area contributed by atoms with Crippen molar-refractivity contribution >= 4 is 28.6 Å². The van der Waals surface area contributed by atoms with E-state index >= 15 is 8.78 Å². The molecule has 1 unspecified atom stereocenters. The van der Waals surface area contributed by atoms with Gasteiger partial charge in [0.05, 0.1) is 40.1 Å². The third-order valence-corrected chi connectivity index (χ3v) is 8.91. The van der Waals surface area contributed by atoms with Crippen LogP contribution in [0.25, 0.3) is 22.3 Å². The summed E-state index contributed by atoms with van der Waals surface area (Å²) in [4.78, 5) is 24.7. The highest BCUT2D eigenvalue weighted by molar-refractivity contribution is 6.31. The van der Waals surface area contributed by atoms with Crippen molar-refractivity contribution in [3.05, 3.63) is 105 Å². The van der Waals surface area contributed by atoms with Gasteiger partial charge in [0, 0.05) is 41.8 Å². The minimum Gasteiger partial charge on any atom is -0.478 e. The van der Waals surface area contributed by atoms with Gasteiger partial charge in [-0.05, 0) is 68.1 Å². The molecule has 0 bridgehead atoms. The molecule has 2 aliphatic rings. The summed E-state index contributed by atoms with van der Waals surface area (Å²) in [5.41, 5.74) is 1.23. The van der Waals surface area contributed by atoms with E-state index in [9.17, 15) is 14.3 Å². The average Bonchev–Trinajstić information content (AvgIpc) is 3.68. The molecule has 3 aromatic heterocycles. The number of rotatable bonds is 9. The van der Waals surface area contributed by atoms with Crippen molar-refractivity contribution in [1.29, 1.82) is 0 Å². The Labute approximate surface area is 278 Å². The summed E-state index contributed by atoms with van der Waals surface area (Å²) in [7, 11) is 0. The maximum absolute atomic E-state index is 15.6. The fraction of sp³-hybridized carbons (Fsp3) is 0.278. The second kappa shape index (κ2) is 12.6. The van der Waals surface area contributed by atoms with Gasteiger partial charge in [-0.15, -0.1) is 0 Å². The van der Waals surface area contributed by atoms with Crippen LogP contribution in [0.2, 0.25) is 5.02 Å². The zero-order valence-corrected chi connectivity index (χ0v) is 26.5. The second-order valence-electron chi connectivity index (χ2n) is 12.3. The zero-order valence-electron chi connectivity index (χ0n) is 25.7. The van der Waals surface area contributed by atoms with Crippen LogP contribution in [-0.4, -0.2) is 43.3 Å². The Morgan fingerprint density at radius 3 is 2.65 bits per heavy atom. The van der Waals surface area contributed by atoms with Crippen LogP contribution in [0.3, 0.4) is 0 Å². The highest BCUT2D eigenvalue weighted by Crippen LogP contribution is 2.44. The molecular formula is C36H28ClF3N4O4. The molecule has 5 aromatic rings. The molecule has 1 aliphatic carbocycles. The van der Waals surface area contributed by atoms with Crippen LogP contribution < -0.4 is 4.74 Å². The van der Waals surface area contributed by atoms with E-state index in [1.54, 1.807) is 29.0 Å². The van der Waals surface area contributed by atoms with Gasteiger partial charge in [0.1, 0.15) is 29.6 Å². The maximum atomic E-state index is 15.6. The van der Waals surface area contributed by atoms with E-state index in [1.807, 2.05) is 0 Å². The summed E-state index contributed by atoms with van der Waals surface area (Å²) in [6.45, 7) is 2.93. The summed E-state index contributed by atoms with van der Waals surface area (Å²) < 4.78 is 59.0. The second-order valence-corrected chi connectivity index (χ2v) is 12.7. The molecule has 0 radical (unpaired) electrons. The summed E-state index contributed by atoms with van der Waals surface area (Å²) in [6, 6.07) is 10.8. The van der Waals surface area contributed by atoms with Gasteiger partial charge in [0.15, 0.2) is 5.82 Å². The number of hydrogen-bond donors (Lipinski definition) is 1. The first kappa shape index (κ1) is 31.7. The van der Waals surface area contributed by atoms with Crippen LogP contribution in [0.5, 0.6) is 5.88 Å². The standard InChI is InChI=1S/C36H28ClF3N4O4/c1-36(8-9-36)7-5-20-11-25(37)30(41-17-20)19-48-33-4-2-3-29(42-33)24-16-26(38)21(12-27(24)39)15-32-43-34-28(40)13-22(35(45)46)14-31(34)44(32)18-23-6-10-47-23/h2-4,11-14,16-17,23H,6,8-10,15,18-19H2,1H3,(H,45,46). The fourth-order valence-corrected chi connectivity index (χ4v) is 5.60. The molecule has 1 N–H and O–H groups in total. The molecule has 1 aliphatic heterocycles. The molecule has 0 spiro atoms. The van der Waals surface area contributed by atoms with Crippen molar-refractivity contribution in [3.63, 3.8) is 0 Å². The van der Waals surface area contributed by atoms with Gasteiger partial charge < -0.3 is 19.1 Å². The molecule has 0 amide bonds. The highest BCUT2D eigenvalue weighted by atomic mass is 35.5. The normalized spacial score (nSPS) is 16.2. The Morgan fingerprint density at radius 2 is 1.94 bits per heavy atom. The van der Waals surface area contributed by atoms with Crippen LogP contribution in [0.1, 0.15) is 59.2 Å². The third-order valence-electron chi connectivity index (χ3n) is 8.58. The van der Waals surface area contributed by atoms with Gasteiger partial charge in [0.25, 0.3) is 0 Å². The number of carbonyl (C=O) groups is 1. The van der Waals surface area contributed by atoms with Crippen LogP contribution >= 0.6 is 11.6 Å². The fourth-order valence-electron chi connectivity index (χ4n) is 5.38. The lowest BCUT2D eigenvalue weighted by atomic mass is 10.0. The number of carboxylic acids is 1. The topological polar surface area (TPSA) is 99.4 Å². The molecule has 7 rings (SSSR count). The van der Waals surface area contributed by atoms with Crippen LogP contribution in [0.4, 0.5) is 13.2 Å². The van der Waals surface area contributed by atoms with Gasteiger partial charge in [-0.2, -0.15) is 0 Å². The van der Waals surface area contributed by atoms with Gasteiger partial charge in [-0.1, -0.05) is 29.5 Å². The molecule has 1 saturated carbocycles. The third kappa shape index (κ3) is 6.59. The molecule has 2 aromatic carbocycles. The maximum Gasteiger partial charge on any atom is 0.335 e. The van der Waals surface area contributed by atoms with Gasteiger partial charge in [0.2, 0.25) is 5.88 Å². The molecule has 12 heteroatoms. The molecule has 8 nitrogen and oxygen atoms in total. The molecule has 1 atom stereocenters. The lowest BCUT2D eigenvalue weighted by molar-refractivity contribution is -0.0589. The Balaban J connectivity index is 1.11. The van der Waals surface area contributed by atoms with Crippen LogP contribution in [0, 0.1) is 34.7 Å². The number of fused-ring (bicyclic) bond motifs is 1. The van der Waals surface area contributed by atoms with E-state index in [4.69, 9.17) is 21.1 Å². The number of hydrogen-bond acceptors (Lipinski definition) is 6. The Hall–Kier alpha value is -4.92. The molecule has 1 saturated heterocycles. The van der Waals surface area contributed by atoms with Crippen molar-refractivity contribution in [1.82, 2.24) is 19.5 Å². The number of imidazole rings is 1. The molecule has 2 fully saturated rings. The van der Waals surface area contributed by atoms with E-state index in [2.05, 4.69) is 33.7 Å². The summed E-state index contributed by atoms with van der Waals surface area (Å²) in [5.74, 6) is 3.18. The lowest BCUT2D eigenvalue weighted by Crippen LogP contribution is -2.31. The van der Waals surface area contributed by atoms with E-state index in [0.717, 1.165) is 37.5 Å². The van der Waals surface area contributed by atoms with Crippen molar-refractivity contribution in [2.75, 3.05) is 6.61 Å². The van der Waals surface area contributed by atoms with E-state index in [0.29, 0.717) is 22.9 Å². The number of halogens is 4. The largest absolute Gasteiger partial charge is 0.478 e. The smallest absolute Gasteiger partial charge is 0.335 e. The minimum atomic E-state index is -1.30. The van der Waals surface area contributed by atoms with Crippen molar-refractivity contribution in [2.24, 2.45) is 5.41 Å². The van der Waals surface area contributed by atoms with Crippen molar-refractivity contribution < 1.29 is 32.5 Å².